The molecule has 1 aliphatic carbocycles. The molecule has 2 N–H and O–H groups in total. The fraction of sp³-hybridized carbons (Fsp3) is 0.400. The molecule has 1 aromatic rings. The summed E-state index contributed by atoms with van der Waals surface area (Å²) in [5, 5.41) is 0. The van der Waals surface area contributed by atoms with Crippen LogP contribution in [0.1, 0.15) is 31.4 Å². The number of ketones is 1. The van der Waals surface area contributed by atoms with E-state index in [0.29, 0.717) is 6.42 Å². The molecule has 0 saturated carbocycles. The molecule has 0 aliphatic heterocycles. The van der Waals surface area contributed by atoms with Gasteiger partial charge in [-0.1, -0.05) is 44.2 Å². The lowest BCUT2D eigenvalue weighted by Gasteiger charge is -2.14. The number of allylic oxidation sites excluding steroid dienone is 1. The van der Waals surface area contributed by atoms with Crippen molar-refractivity contribution in [1.82, 2.24) is 0 Å². The number of hydrogen-bond acceptors (Lipinski definition) is 2. The predicted octanol–water partition coefficient (Wildman–Crippen LogP) is 2.57. The van der Waals surface area contributed by atoms with Gasteiger partial charge in [0, 0.05) is 5.92 Å². The summed E-state index contributed by atoms with van der Waals surface area (Å²) in [6.07, 6.45) is 3.82. The van der Waals surface area contributed by atoms with E-state index in [9.17, 15) is 4.79 Å². The van der Waals surface area contributed by atoms with E-state index < -0.39 is 0 Å². The minimum Gasteiger partial charge on any atom is -0.321 e. The third kappa shape index (κ3) is 2.47. The number of hydrogen-bond donors (Lipinski definition) is 1. The zero-order valence-electron chi connectivity index (χ0n) is 10.4. The van der Waals surface area contributed by atoms with E-state index in [-0.39, 0.29) is 17.7 Å². The van der Waals surface area contributed by atoms with Crippen LogP contribution in [0.3, 0.4) is 0 Å². The zero-order chi connectivity index (χ0) is 12.4. The molecule has 1 atom stereocenters. The molecular weight excluding hydrogens is 210 g/mol. The molecule has 1 aromatic carbocycles. The lowest BCUT2D eigenvalue weighted by Crippen LogP contribution is -2.33. The topological polar surface area (TPSA) is 43.1 Å². The van der Waals surface area contributed by atoms with Gasteiger partial charge in [-0.3, -0.25) is 4.79 Å². The minimum absolute atomic E-state index is 0.0160. The molecule has 0 spiro atoms. The van der Waals surface area contributed by atoms with Gasteiger partial charge in [0.15, 0.2) is 5.78 Å². The first-order valence-corrected chi connectivity index (χ1v) is 6.16. The van der Waals surface area contributed by atoms with Crippen molar-refractivity contribution in [3.05, 3.63) is 41.5 Å². The Morgan fingerprint density at radius 2 is 2.06 bits per heavy atom. The van der Waals surface area contributed by atoms with E-state index in [4.69, 9.17) is 5.73 Å². The number of nitrogens with two attached hydrogens (primary N) is 1. The quantitative estimate of drug-likeness (QED) is 0.862. The average Bonchev–Trinajstić information content (AvgIpc) is 2.71. The average molecular weight is 229 g/mol. The first-order chi connectivity index (χ1) is 8.09. The SMILES string of the molecule is CC(C)C(=O)C(N)CC1=CCc2ccccc21. The van der Waals surface area contributed by atoms with Crippen molar-refractivity contribution in [2.45, 2.75) is 32.7 Å². The number of carbonyl (C=O) groups is 1. The Bertz CT molecular complexity index is 460. The molecule has 17 heavy (non-hydrogen) atoms. The monoisotopic (exact) mass is 229 g/mol. The molecule has 0 aromatic heterocycles. The molecular formula is C15H19NO. The lowest BCUT2D eigenvalue weighted by molar-refractivity contribution is -0.123. The van der Waals surface area contributed by atoms with Gasteiger partial charge in [0.1, 0.15) is 0 Å². The fourth-order valence-electron chi connectivity index (χ4n) is 2.31. The van der Waals surface area contributed by atoms with Crippen LogP contribution in [0.25, 0.3) is 5.57 Å². The summed E-state index contributed by atoms with van der Waals surface area (Å²) in [6, 6.07) is 7.96. The number of fused-ring (bicyclic) bond motifs is 1. The molecule has 0 heterocycles. The molecule has 0 amide bonds. The number of rotatable bonds is 4. The Balaban J connectivity index is 2.10. The highest BCUT2D eigenvalue weighted by Crippen LogP contribution is 2.30. The molecule has 2 rings (SSSR count). The van der Waals surface area contributed by atoms with Crippen molar-refractivity contribution in [1.29, 1.82) is 0 Å². The second-order valence-corrected chi connectivity index (χ2v) is 4.96. The molecule has 1 unspecified atom stereocenters. The van der Waals surface area contributed by atoms with Gasteiger partial charge in [-0.25, -0.2) is 0 Å². The van der Waals surface area contributed by atoms with Gasteiger partial charge in [0.2, 0.25) is 0 Å². The highest BCUT2D eigenvalue weighted by molar-refractivity contribution is 5.88. The molecule has 2 nitrogen and oxygen atoms in total. The maximum Gasteiger partial charge on any atom is 0.152 e. The van der Waals surface area contributed by atoms with Crippen LogP contribution in [0, 0.1) is 5.92 Å². The maximum atomic E-state index is 11.8. The van der Waals surface area contributed by atoms with E-state index in [1.807, 2.05) is 19.9 Å². The Morgan fingerprint density at radius 1 is 1.35 bits per heavy atom. The summed E-state index contributed by atoms with van der Waals surface area (Å²) in [5.41, 5.74) is 9.79. The number of carbonyl (C=O) groups excluding carboxylic acids is 1. The highest BCUT2D eigenvalue weighted by atomic mass is 16.1. The zero-order valence-corrected chi connectivity index (χ0v) is 10.4. The maximum absolute atomic E-state index is 11.8. The van der Waals surface area contributed by atoms with Gasteiger partial charge in [0.05, 0.1) is 6.04 Å². The second-order valence-electron chi connectivity index (χ2n) is 4.96. The predicted molar refractivity (Wildman–Crippen MR) is 70.6 cm³/mol. The van der Waals surface area contributed by atoms with E-state index in [2.05, 4.69) is 24.3 Å². The van der Waals surface area contributed by atoms with Gasteiger partial charge >= 0.3 is 0 Å². The van der Waals surface area contributed by atoms with E-state index >= 15 is 0 Å². The van der Waals surface area contributed by atoms with E-state index in [1.165, 1.54) is 16.7 Å². The molecule has 90 valence electrons. The Kier molecular flexibility index (Phi) is 3.43. The minimum atomic E-state index is -0.368. The normalized spacial score (nSPS) is 15.6. The molecule has 2 heteroatoms. The summed E-state index contributed by atoms with van der Waals surface area (Å²) >= 11 is 0. The van der Waals surface area contributed by atoms with Crippen LogP contribution in [0.2, 0.25) is 0 Å². The van der Waals surface area contributed by atoms with Crippen molar-refractivity contribution in [3.8, 4) is 0 Å². The summed E-state index contributed by atoms with van der Waals surface area (Å²) < 4.78 is 0. The third-order valence-electron chi connectivity index (χ3n) is 3.31. The van der Waals surface area contributed by atoms with Gasteiger partial charge in [-0.05, 0) is 29.5 Å². The Hall–Kier alpha value is -1.41. The van der Waals surface area contributed by atoms with Crippen molar-refractivity contribution in [3.63, 3.8) is 0 Å². The summed E-state index contributed by atoms with van der Waals surface area (Å²) in [6.45, 7) is 3.80. The summed E-state index contributed by atoms with van der Waals surface area (Å²) in [5.74, 6) is 0.164. The van der Waals surface area contributed by atoms with Crippen LogP contribution in [0.15, 0.2) is 30.3 Å². The van der Waals surface area contributed by atoms with Gasteiger partial charge in [0.25, 0.3) is 0 Å². The van der Waals surface area contributed by atoms with E-state index in [1.54, 1.807) is 0 Å². The number of Topliss-reactive ketones (excluding diaryl/α,β-unsaturated/α-hetero) is 1. The molecule has 0 saturated heterocycles. The first kappa shape index (κ1) is 12.1. The third-order valence-corrected chi connectivity index (χ3v) is 3.31. The van der Waals surface area contributed by atoms with Crippen LogP contribution in [-0.2, 0) is 11.2 Å². The molecule has 1 aliphatic rings. The fourth-order valence-corrected chi connectivity index (χ4v) is 2.31. The largest absolute Gasteiger partial charge is 0.321 e. The second kappa shape index (κ2) is 4.84. The van der Waals surface area contributed by atoms with Crippen molar-refractivity contribution < 1.29 is 4.79 Å². The van der Waals surface area contributed by atoms with Crippen LogP contribution in [0.5, 0.6) is 0 Å². The standard InChI is InChI=1S/C15H19NO/c1-10(2)15(17)14(16)9-12-8-7-11-5-3-4-6-13(11)12/h3-6,8,10,14H,7,9,16H2,1-2H3. The molecule has 0 bridgehead atoms. The summed E-state index contributed by atoms with van der Waals surface area (Å²) in [7, 11) is 0. The van der Waals surface area contributed by atoms with Gasteiger partial charge < -0.3 is 5.73 Å². The van der Waals surface area contributed by atoms with Crippen LogP contribution >= 0.6 is 0 Å². The highest BCUT2D eigenvalue weighted by Gasteiger charge is 2.21. The molecule has 0 fully saturated rings. The van der Waals surface area contributed by atoms with E-state index in [0.717, 1.165) is 6.42 Å². The van der Waals surface area contributed by atoms with Gasteiger partial charge in [-0.15, -0.1) is 0 Å². The number of benzene rings is 1. The smallest absolute Gasteiger partial charge is 0.152 e. The van der Waals surface area contributed by atoms with Gasteiger partial charge in [-0.2, -0.15) is 0 Å². The first-order valence-electron chi connectivity index (χ1n) is 6.16. The summed E-state index contributed by atoms with van der Waals surface area (Å²) in [4.78, 5) is 11.8. The Morgan fingerprint density at radius 3 is 2.76 bits per heavy atom. The van der Waals surface area contributed by atoms with Crippen LogP contribution in [-0.4, -0.2) is 11.8 Å². The Labute approximate surface area is 103 Å². The van der Waals surface area contributed by atoms with Crippen molar-refractivity contribution >= 4 is 11.4 Å². The van der Waals surface area contributed by atoms with Crippen LogP contribution in [0.4, 0.5) is 0 Å². The van der Waals surface area contributed by atoms with Crippen molar-refractivity contribution in [2.24, 2.45) is 11.7 Å². The van der Waals surface area contributed by atoms with Crippen LogP contribution < -0.4 is 5.73 Å². The lowest BCUT2D eigenvalue weighted by atomic mass is 9.94. The van der Waals surface area contributed by atoms with Crippen molar-refractivity contribution in [2.75, 3.05) is 0 Å². The molecule has 0 radical (unpaired) electrons.